The number of carboxylic acid groups (broad SMARTS) is 4. The van der Waals surface area contributed by atoms with E-state index in [0.29, 0.717) is 6.42 Å². The maximum Gasteiger partial charge on any atom is 0.327 e. The van der Waals surface area contributed by atoms with Crippen molar-refractivity contribution in [2.45, 2.75) is 26.4 Å². The maximum absolute atomic E-state index is 9.25. The summed E-state index contributed by atoms with van der Waals surface area (Å²) < 4.78 is 0. The Morgan fingerprint density at radius 3 is 0.824 bits per heavy atom. The van der Waals surface area contributed by atoms with Gasteiger partial charge in [0.05, 0.1) is 32.5 Å². The lowest BCUT2D eigenvalue weighted by molar-refractivity contribution is -0.132. The summed E-state index contributed by atoms with van der Waals surface area (Å²) in [5.41, 5.74) is -0.667. The molecule has 13 nitrogen and oxygen atoms in total. The highest BCUT2D eigenvalue weighted by Gasteiger charge is 2.24. The second-order valence-corrected chi connectivity index (χ2v) is 5.53. The highest BCUT2D eigenvalue weighted by molar-refractivity contribution is 5.79. The zero-order chi connectivity index (χ0) is 28.8. The molecule has 0 radical (unpaired) electrons. The van der Waals surface area contributed by atoms with Crippen molar-refractivity contribution in [1.82, 2.24) is 0 Å². The van der Waals surface area contributed by atoms with Crippen LogP contribution in [0.15, 0.2) is 50.6 Å². The SMILES string of the molecule is C=CC(=O)O.C=CC(=O)O.C=CC(=O)O.C=CC(=O)O.CC(O)CO.CCC(CO)(CO)CO. The number of aliphatic hydroxyl groups is 5. The molecule has 0 aromatic rings. The van der Waals surface area contributed by atoms with Crippen molar-refractivity contribution < 1.29 is 65.1 Å². The molecule has 0 aliphatic carbocycles. The summed E-state index contributed by atoms with van der Waals surface area (Å²) in [7, 11) is 0. The first-order valence-corrected chi connectivity index (χ1v) is 9.13. The molecule has 1 unspecified atom stereocenters. The Morgan fingerprint density at radius 1 is 0.676 bits per heavy atom. The van der Waals surface area contributed by atoms with Gasteiger partial charge in [-0.2, -0.15) is 0 Å². The van der Waals surface area contributed by atoms with Gasteiger partial charge in [0.1, 0.15) is 0 Å². The van der Waals surface area contributed by atoms with E-state index in [-0.39, 0.29) is 26.4 Å². The van der Waals surface area contributed by atoms with Crippen LogP contribution in [0.25, 0.3) is 0 Å². The number of aliphatic carboxylic acids is 4. The molecular formula is C21H38O13. The minimum absolute atomic E-state index is 0.139. The lowest BCUT2D eigenvalue weighted by atomic mass is 9.88. The van der Waals surface area contributed by atoms with Crippen LogP contribution in [-0.4, -0.2) is 102 Å². The van der Waals surface area contributed by atoms with E-state index in [2.05, 4.69) is 26.3 Å². The average molecular weight is 499 g/mol. The van der Waals surface area contributed by atoms with Gasteiger partial charge in [-0.15, -0.1) is 0 Å². The Balaban J connectivity index is -0.0000000707. The van der Waals surface area contributed by atoms with E-state index in [1.807, 2.05) is 6.92 Å². The maximum atomic E-state index is 9.25. The molecule has 0 spiro atoms. The van der Waals surface area contributed by atoms with E-state index >= 15 is 0 Å². The van der Waals surface area contributed by atoms with Gasteiger partial charge in [-0.1, -0.05) is 33.2 Å². The molecule has 0 bridgehead atoms. The number of hydrogen-bond donors (Lipinski definition) is 9. The van der Waals surface area contributed by atoms with Gasteiger partial charge >= 0.3 is 23.9 Å². The molecule has 0 aliphatic rings. The van der Waals surface area contributed by atoms with Crippen LogP contribution in [0, 0.1) is 5.41 Å². The summed E-state index contributed by atoms with van der Waals surface area (Å²) in [4.78, 5) is 37.0. The Kier molecular flexibility index (Phi) is 44.7. The van der Waals surface area contributed by atoms with Crippen LogP contribution in [0.2, 0.25) is 0 Å². The molecule has 0 saturated carbocycles. The minimum atomic E-state index is -0.981. The van der Waals surface area contributed by atoms with Gasteiger partial charge in [-0.3, -0.25) is 0 Å². The fourth-order valence-corrected chi connectivity index (χ4v) is 0.485. The predicted octanol–water partition coefficient (Wildman–Crippen LogP) is -0.253. The zero-order valence-electron chi connectivity index (χ0n) is 19.4. The molecule has 0 amide bonds. The fourth-order valence-electron chi connectivity index (χ4n) is 0.485. The smallest absolute Gasteiger partial charge is 0.327 e. The van der Waals surface area contributed by atoms with Crippen molar-refractivity contribution in [3.63, 3.8) is 0 Å². The van der Waals surface area contributed by atoms with Gasteiger partial charge in [0, 0.05) is 29.7 Å². The van der Waals surface area contributed by atoms with Crippen molar-refractivity contribution >= 4 is 23.9 Å². The van der Waals surface area contributed by atoms with Crippen molar-refractivity contribution in [2.24, 2.45) is 5.41 Å². The molecule has 0 rings (SSSR count). The fraction of sp³-hybridized carbons (Fsp3) is 0.429. The molecule has 13 heteroatoms. The second kappa shape index (κ2) is 34.3. The van der Waals surface area contributed by atoms with E-state index in [1.54, 1.807) is 0 Å². The quantitative estimate of drug-likeness (QED) is 0.186. The minimum Gasteiger partial charge on any atom is -0.478 e. The van der Waals surface area contributed by atoms with Crippen LogP contribution < -0.4 is 0 Å². The van der Waals surface area contributed by atoms with Crippen LogP contribution in [-0.2, 0) is 19.2 Å². The molecule has 0 aromatic heterocycles. The van der Waals surface area contributed by atoms with Gasteiger partial charge in [-0.05, 0) is 13.3 Å². The number of hydrogen-bond acceptors (Lipinski definition) is 9. The summed E-state index contributed by atoms with van der Waals surface area (Å²) in [6, 6.07) is 0. The van der Waals surface area contributed by atoms with Gasteiger partial charge < -0.3 is 46.0 Å². The highest BCUT2D eigenvalue weighted by Crippen LogP contribution is 2.18. The molecule has 0 aromatic carbocycles. The molecule has 34 heavy (non-hydrogen) atoms. The van der Waals surface area contributed by atoms with Crippen molar-refractivity contribution in [1.29, 1.82) is 0 Å². The van der Waals surface area contributed by atoms with E-state index in [0.717, 1.165) is 24.3 Å². The predicted molar refractivity (Wildman–Crippen MR) is 124 cm³/mol. The third-order valence-electron chi connectivity index (χ3n) is 2.72. The van der Waals surface area contributed by atoms with Crippen LogP contribution >= 0.6 is 0 Å². The largest absolute Gasteiger partial charge is 0.478 e. The molecule has 9 N–H and O–H groups in total. The van der Waals surface area contributed by atoms with E-state index in [9.17, 15) is 19.2 Å². The van der Waals surface area contributed by atoms with Gasteiger partial charge in [0.15, 0.2) is 0 Å². The second-order valence-electron chi connectivity index (χ2n) is 5.53. The van der Waals surface area contributed by atoms with E-state index in [1.165, 1.54) is 6.92 Å². The zero-order valence-corrected chi connectivity index (χ0v) is 19.4. The number of carbonyl (C=O) groups is 4. The molecule has 200 valence electrons. The third-order valence-corrected chi connectivity index (χ3v) is 2.72. The summed E-state index contributed by atoms with van der Waals surface area (Å²) in [6.07, 6.45) is 3.37. The van der Waals surface area contributed by atoms with Gasteiger partial charge in [0.25, 0.3) is 0 Å². The normalized spacial score (nSPS) is 9.15. The lowest BCUT2D eigenvalue weighted by Crippen LogP contribution is -2.32. The topological polar surface area (TPSA) is 250 Å². The molecule has 0 heterocycles. The summed E-state index contributed by atoms with van der Waals surface area (Å²) in [5.74, 6) is -3.93. The van der Waals surface area contributed by atoms with Gasteiger partial charge in [0.2, 0.25) is 0 Å². The van der Waals surface area contributed by atoms with Crippen molar-refractivity contribution in [3.8, 4) is 0 Å². The summed E-state index contributed by atoms with van der Waals surface area (Å²) >= 11 is 0. The highest BCUT2D eigenvalue weighted by atomic mass is 16.4. The summed E-state index contributed by atoms with van der Waals surface area (Å²) in [6.45, 7) is 14.6. The van der Waals surface area contributed by atoms with E-state index in [4.69, 9.17) is 46.0 Å². The molecule has 0 fully saturated rings. The van der Waals surface area contributed by atoms with Crippen LogP contribution in [0.5, 0.6) is 0 Å². The van der Waals surface area contributed by atoms with Crippen LogP contribution in [0.3, 0.4) is 0 Å². The monoisotopic (exact) mass is 498 g/mol. The van der Waals surface area contributed by atoms with E-state index < -0.39 is 35.4 Å². The molecule has 1 atom stereocenters. The van der Waals surface area contributed by atoms with Gasteiger partial charge in [-0.25, -0.2) is 19.2 Å². The Hall–Kier alpha value is -3.36. The number of carboxylic acids is 4. The Bertz CT molecular complexity index is 476. The first-order valence-electron chi connectivity index (χ1n) is 9.13. The van der Waals surface area contributed by atoms with Crippen molar-refractivity contribution in [2.75, 3.05) is 26.4 Å². The molecule has 0 saturated heterocycles. The van der Waals surface area contributed by atoms with Crippen molar-refractivity contribution in [3.05, 3.63) is 50.6 Å². The first-order chi connectivity index (χ1) is 15.6. The Labute approximate surface area is 198 Å². The number of aliphatic hydroxyl groups excluding tert-OH is 5. The Morgan fingerprint density at radius 2 is 0.824 bits per heavy atom. The standard InChI is InChI=1S/C6H14O3.C3H8O2.4C3H4O2/c1-2-6(3-7,4-8)5-9;1-3(5)2-4;4*1-2-3(4)5/h7-9H,2-5H2,1H3;3-5H,2H2,1H3;4*2H,1H2,(H,4,5). The van der Waals surface area contributed by atoms with Crippen LogP contribution in [0.4, 0.5) is 0 Å². The van der Waals surface area contributed by atoms with Crippen LogP contribution in [0.1, 0.15) is 20.3 Å². The summed E-state index contributed by atoms with van der Waals surface area (Å²) in [5, 5.41) is 72.4. The molecule has 0 aliphatic heterocycles. The lowest BCUT2D eigenvalue weighted by Gasteiger charge is -2.24. The first kappa shape index (κ1) is 44.3. The third kappa shape index (κ3) is 63.0. The number of rotatable bonds is 9. The average Bonchev–Trinajstić information content (AvgIpc) is 2.82. The molecular weight excluding hydrogens is 460 g/mol.